The first kappa shape index (κ1) is 15.8. The van der Waals surface area contributed by atoms with Crippen molar-refractivity contribution in [3.8, 4) is 0 Å². The maximum Gasteiger partial charge on any atom is 0.407 e. The number of hydrogen-bond donors (Lipinski definition) is 2. The Morgan fingerprint density at radius 2 is 2.05 bits per heavy atom. The van der Waals surface area contributed by atoms with Gasteiger partial charge in [-0.25, -0.2) is 4.79 Å². The number of hydrogen-bond acceptors (Lipinski definition) is 4. The Hall–Kier alpha value is -1.30. The van der Waals surface area contributed by atoms with Crippen LogP contribution in [0.4, 0.5) is 4.79 Å². The monoisotopic (exact) mass is 272 g/mol. The fourth-order valence-corrected chi connectivity index (χ4v) is 2.22. The van der Waals surface area contributed by atoms with Crippen LogP contribution in [0.25, 0.3) is 0 Å². The van der Waals surface area contributed by atoms with Gasteiger partial charge in [0.05, 0.1) is 5.92 Å². The Morgan fingerprint density at radius 1 is 1.42 bits per heavy atom. The van der Waals surface area contributed by atoms with E-state index in [0.29, 0.717) is 13.1 Å². The lowest BCUT2D eigenvalue weighted by Gasteiger charge is -2.34. The molecule has 1 aliphatic rings. The predicted molar refractivity (Wildman–Crippen MR) is 71.0 cm³/mol. The third-order valence-corrected chi connectivity index (χ3v) is 3.18. The van der Waals surface area contributed by atoms with Crippen LogP contribution in [0.5, 0.6) is 0 Å². The standard InChI is InChI=1S/C13H24N2O4/c1-13(2,3)19-12(18)14-7-9-5-6-15(4)8-10(9)11(16)17/h9-10H,5-8H2,1-4H3,(H,14,18)(H,16,17). The number of alkyl carbamates (subject to hydrolysis) is 1. The zero-order valence-corrected chi connectivity index (χ0v) is 12.1. The number of carboxylic acid groups (broad SMARTS) is 1. The van der Waals surface area contributed by atoms with E-state index in [1.54, 1.807) is 20.8 Å². The van der Waals surface area contributed by atoms with Crippen LogP contribution in [0.2, 0.25) is 0 Å². The first-order valence-corrected chi connectivity index (χ1v) is 6.57. The summed E-state index contributed by atoms with van der Waals surface area (Å²) in [5, 5.41) is 11.9. The summed E-state index contributed by atoms with van der Waals surface area (Å²) in [5.41, 5.74) is -0.539. The summed E-state index contributed by atoms with van der Waals surface area (Å²) < 4.78 is 5.14. The number of likely N-dealkylation sites (tertiary alicyclic amines) is 1. The van der Waals surface area contributed by atoms with Crippen molar-refractivity contribution in [3.63, 3.8) is 0 Å². The molecule has 0 spiro atoms. The number of ether oxygens (including phenoxy) is 1. The number of rotatable bonds is 3. The summed E-state index contributed by atoms with van der Waals surface area (Å²) in [6, 6.07) is 0. The van der Waals surface area contributed by atoms with Gasteiger partial charge in [-0.15, -0.1) is 0 Å². The van der Waals surface area contributed by atoms with Crippen molar-refractivity contribution < 1.29 is 19.4 Å². The normalized spacial score (nSPS) is 24.8. The highest BCUT2D eigenvalue weighted by molar-refractivity contribution is 5.71. The molecule has 2 unspecified atom stereocenters. The molecule has 2 atom stereocenters. The van der Waals surface area contributed by atoms with Crippen LogP contribution in [0.1, 0.15) is 27.2 Å². The number of nitrogens with zero attached hydrogens (tertiary/aromatic N) is 1. The molecule has 1 saturated heterocycles. The summed E-state index contributed by atoms with van der Waals surface area (Å²) in [6.07, 6.45) is 0.277. The third kappa shape index (κ3) is 5.46. The van der Waals surface area contributed by atoms with Gasteiger partial charge in [0.25, 0.3) is 0 Å². The van der Waals surface area contributed by atoms with Gasteiger partial charge in [0.1, 0.15) is 5.60 Å². The van der Waals surface area contributed by atoms with E-state index >= 15 is 0 Å². The molecule has 0 saturated carbocycles. The highest BCUT2D eigenvalue weighted by atomic mass is 16.6. The van der Waals surface area contributed by atoms with Gasteiger partial charge in [-0.2, -0.15) is 0 Å². The summed E-state index contributed by atoms with van der Waals surface area (Å²) >= 11 is 0. The number of aliphatic carboxylic acids is 1. The molecule has 19 heavy (non-hydrogen) atoms. The highest BCUT2D eigenvalue weighted by Gasteiger charge is 2.33. The molecule has 1 fully saturated rings. The third-order valence-electron chi connectivity index (χ3n) is 3.18. The van der Waals surface area contributed by atoms with E-state index in [0.717, 1.165) is 13.0 Å². The lowest BCUT2D eigenvalue weighted by atomic mass is 9.85. The van der Waals surface area contributed by atoms with Gasteiger partial charge >= 0.3 is 12.1 Å². The number of carboxylic acids is 1. The fraction of sp³-hybridized carbons (Fsp3) is 0.846. The van der Waals surface area contributed by atoms with Crippen LogP contribution in [0, 0.1) is 11.8 Å². The van der Waals surface area contributed by atoms with Crippen LogP contribution in [0.15, 0.2) is 0 Å². The van der Waals surface area contributed by atoms with Crippen molar-refractivity contribution in [2.24, 2.45) is 11.8 Å². The van der Waals surface area contributed by atoms with E-state index in [-0.39, 0.29) is 5.92 Å². The lowest BCUT2D eigenvalue weighted by Crippen LogP contribution is -2.46. The van der Waals surface area contributed by atoms with Gasteiger partial charge in [0, 0.05) is 13.1 Å². The Balaban J connectivity index is 2.46. The van der Waals surface area contributed by atoms with E-state index in [9.17, 15) is 14.7 Å². The quantitative estimate of drug-likeness (QED) is 0.806. The molecule has 0 aromatic heterocycles. The van der Waals surface area contributed by atoms with Crippen molar-refractivity contribution in [3.05, 3.63) is 0 Å². The molecule has 110 valence electrons. The molecule has 0 aromatic carbocycles. The number of piperidine rings is 1. The maximum atomic E-state index is 11.6. The second kappa shape index (κ2) is 6.23. The van der Waals surface area contributed by atoms with Gasteiger partial charge in [-0.05, 0) is 46.7 Å². The smallest absolute Gasteiger partial charge is 0.407 e. The van der Waals surface area contributed by atoms with Crippen molar-refractivity contribution in [2.45, 2.75) is 32.8 Å². The minimum atomic E-state index is -0.803. The lowest BCUT2D eigenvalue weighted by molar-refractivity contribution is -0.145. The molecule has 0 aromatic rings. The van der Waals surface area contributed by atoms with Crippen molar-refractivity contribution in [2.75, 3.05) is 26.7 Å². The van der Waals surface area contributed by atoms with Gasteiger partial charge in [-0.3, -0.25) is 4.79 Å². The molecule has 0 radical (unpaired) electrons. The Bertz CT molecular complexity index is 338. The van der Waals surface area contributed by atoms with Crippen molar-refractivity contribution in [1.29, 1.82) is 0 Å². The number of carbonyl (C=O) groups is 2. The molecule has 1 amide bonds. The summed E-state index contributed by atoms with van der Waals surface area (Å²) in [5.74, 6) is -1.28. The highest BCUT2D eigenvalue weighted by Crippen LogP contribution is 2.22. The van der Waals surface area contributed by atoms with Crippen molar-refractivity contribution >= 4 is 12.1 Å². The second-order valence-electron chi connectivity index (χ2n) is 6.14. The zero-order chi connectivity index (χ0) is 14.6. The summed E-state index contributed by atoms with van der Waals surface area (Å²) in [4.78, 5) is 24.8. The minimum absolute atomic E-state index is 0.0405. The SMILES string of the molecule is CN1CCC(CNC(=O)OC(C)(C)C)C(C(=O)O)C1. The van der Waals surface area contributed by atoms with Crippen LogP contribution >= 0.6 is 0 Å². The van der Waals surface area contributed by atoms with E-state index in [1.165, 1.54) is 0 Å². The zero-order valence-electron chi connectivity index (χ0n) is 12.1. The molecule has 0 bridgehead atoms. The van der Waals surface area contributed by atoms with Crippen molar-refractivity contribution in [1.82, 2.24) is 10.2 Å². The molecule has 1 rings (SSSR count). The van der Waals surface area contributed by atoms with E-state index in [2.05, 4.69) is 5.32 Å². The summed E-state index contributed by atoms with van der Waals surface area (Å²) in [7, 11) is 1.91. The van der Waals surface area contributed by atoms with Crippen LogP contribution in [-0.4, -0.2) is 54.4 Å². The largest absolute Gasteiger partial charge is 0.481 e. The average Bonchev–Trinajstić information content (AvgIpc) is 2.24. The maximum absolute atomic E-state index is 11.6. The molecule has 0 aliphatic carbocycles. The van der Waals surface area contributed by atoms with E-state index in [1.807, 2.05) is 11.9 Å². The Kier molecular flexibility index (Phi) is 5.17. The number of nitrogens with one attached hydrogen (secondary N) is 1. The first-order chi connectivity index (χ1) is 8.69. The van der Waals surface area contributed by atoms with Gasteiger partial charge < -0.3 is 20.1 Å². The predicted octanol–water partition coefficient (Wildman–Crippen LogP) is 1.16. The second-order valence-corrected chi connectivity index (χ2v) is 6.14. The Labute approximate surface area is 114 Å². The summed E-state index contributed by atoms with van der Waals surface area (Å²) in [6.45, 7) is 7.10. The number of amides is 1. The number of carbonyl (C=O) groups excluding carboxylic acids is 1. The Morgan fingerprint density at radius 3 is 2.58 bits per heavy atom. The van der Waals surface area contributed by atoms with Crippen LogP contribution in [-0.2, 0) is 9.53 Å². The minimum Gasteiger partial charge on any atom is -0.481 e. The van der Waals surface area contributed by atoms with E-state index < -0.39 is 23.6 Å². The van der Waals surface area contributed by atoms with Gasteiger partial charge in [0.15, 0.2) is 0 Å². The molecule has 6 nitrogen and oxygen atoms in total. The molecule has 2 N–H and O–H groups in total. The molecule has 1 heterocycles. The van der Waals surface area contributed by atoms with Crippen LogP contribution < -0.4 is 5.32 Å². The molecular weight excluding hydrogens is 248 g/mol. The van der Waals surface area contributed by atoms with Gasteiger partial charge in [-0.1, -0.05) is 0 Å². The molecule has 6 heteroatoms. The molecule has 1 aliphatic heterocycles. The average molecular weight is 272 g/mol. The topological polar surface area (TPSA) is 78.9 Å². The van der Waals surface area contributed by atoms with Crippen LogP contribution in [0.3, 0.4) is 0 Å². The first-order valence-electron chi connectivity index (χ1n) is 6.57. The van der Waals surface area contributed by atoms with E-state index in [4.69, 9.17) is 4.74 Å². The molecular formula is C13H24N2O4. The fourth-order valence-electron chi connectivity index (χ4n) is 2.22. The van der Waals surface area contributed by atoms with Gasteiger partial charge in [0.2, 0.25) is 0 Å².